The highest BCUT2D eigenvalue weighted by atomic mass is 16.5. The van der Waals surface area contributed by atoms with Crippen molar-refractivity contribution in [2.24, 2.45) is 16.1 Å². The van der Waals surface area contributed by atoms with Crippen LogP contribution in [0.25, 0.3) is 6.08 Å². The normalized spacial score (nSPS) is 12.3. The summed E-state index contributed by atoms with van der Waals surface area (Å²) < 4.78 is 11.1. The zero-order valence-corrected chi connectivity index (χ0v) is 22.5. The van der Waals surface area contributed by atoms with E-state index in [1.54, 1.807) is 6.08 Å². The van der Waals surface area contributed by atoms with Gasteiger partial charge in [0.2, 0.25) is 0 Å². The molecular formula is C31H44N2O3. The summed E-state index contributed by atoms with van der Waals surface area (Å²) in [5, 5.41) is 8.61. The van der Waals surface area contributed by atoms with Gasteiger partial charge in [0, 0.05) is 6.08 Å². The molecule has 2 aromatic carbocycles. The molecular weight excluding hydrogens is 448 g/mol. The average Bonchev–Trinajstić information content (AvgIpc) is 2.91. The molecule has 0 radical (unpaired) electrons. The van der Waals surface area contributed by atoms with Gasteiger partial charge in [-0.25, -0.2) is 4.79 Å². The number of nitrogens with zero attached hydrogens (tertiary/aromatic N) is 2. The molecule has 5 nitrogen and oxygen atoms in total. The minimum atomic E-state index is -0.316. The van der Waals surface area contributed by atoms with E-state index in [4.69, 9.17) is 9.47 Å². The second-order valence-electron chi connectivity index (χ2n) is 9.44. The van der Waals surface area contributed by atoms with Crippen molar-refractivity contribution in [2.75, 3.05) is 13.2 Å². The van der Waals surface area contributed by atoms with E-state index in [2.05, 4.69) is 31.0 Å². The van der Waals surface area contributed by atoms with E-state index in [9.17, 15) is 4.79 Å². The van der Waals surface area contributed by atoms with Gasteiger partial charge in [-0.1, -0.05) is 96.4 Å². The molecule has 196 valence electrons. The summed E-state index contributed by atoms with van der Waals surface area (Å²) in [6, 6.07) is 15.7. The Morgan fingerprint density at radius 1 is 0.889 bits per heavy atom. The highest BCUT2D eigenvalue weighted by Crippen LogP contribution is 2.17. The highest BCUT2D eigenvalue weighted by Gasteiger charge is 2.02. The van der Waals surface area contributed by atoms with Crippen molar-refractivity contribution in [1.29, 1.82) is 0 Å². The second-order valence-corrected chi connectivity index (χ2v) is 9.44. The second kappa shape index (κ2) is 18.3. The molecule has 1 atom stereocenters. The minimum Gasteiger partial charge on any atom is -0.494 e. The van der Waals surface area contributed by atoms with Crippen LogP contribution in [0.2, 0.25) is 0 Å². The van der Waals surface area contributed by atoms with Crippen LogP contribution in [-0.4, -0.2) is 19.2 Å². The smallest absolute Gasteiger partial charge is 0.330 e. The Bertz CT molecular complexity index is 904. The largest absolute Gasteiger partial charge is 0.494 e. The molecule has 2 aromatic rings. The first kappa shape index (κ1) is 29.3. The van der Waals surface area contributed by atoms with Crippen LogP contribution in [0.1, 0.15) is 89.7 Å². The average molecular weight is 493 g/mol. The summed E-state index contributed by atoms with van der Waals surface area (Å²) in [5.74, 6) is 0.970. The molecule has 0 aliphatic rings. The maximum atomic E-state index is 11.8. The van der Waals surface area contributed by atoms with Crippen LogP contribution in [0.3, 0.4) is 0 Å². The van der Waals surface area contributed by atoms with Gasteiger partial charge in [-0.3, -0.25) is 0 Å². The molecule has 0 amide bonds. The number of ether oxygens (including phenoxy) is 2. The Hall–Kier alpha value is -2.95. The predicted molar refractivity (Wildman–Crippen MR) is 149 cm³/mol. The molecule has 2 rings (SSSR count). The third-order valence-corrected chi connectivity index (χ3v) is 6.14. The number of esters is 1. The van der Waals surface area contributed by atoms with Gasteiger partial charge >= 0.3 is 5.97 Å². The summed E-state index contributed by atoms with van der Waals surface area (Å²) in [6.07, 6.45) is 14.6. The number of unbranched alkanes of at least 4 members (excludes halogenated alkanes) is 7. The third-order valence-electron chi connectivity index (χ3n) is 6.14. The van der Waals surface area contributed by atoms with Gasteiger partial charge in [0.05, 0.1) is 25.4 Å². The summed E-state index contributed by atoms with van der Waals surface area (Å²) in [7, 11) is 0. The molecule has 0 spiro atoms. The molecule has 5 heteroatoms. The highest BCUT2D eigenvalue weighted by molar-refractivity contribution is 5.87. The predicted octanol–water partition coefficient (Wildman–Crippen LogP) is 9.09. The van der Waals surface area contributed by atoms with E-state index >= 15 is 0 Å². The summed E-state index contributed by atoms with van der Waals surface area (Å²) in [5.41, 5.74) is 2.78. The number of carbonyl (C=O) groups is 1. The topological polar surface area (TPSA) is 60.2 Å². The summed E-state index contributed by atoms with van der Waals surface area (Å²) >= 11 is 0. The van der Waals surface area contributed by atoms with E-state index in [-0.39, 0.29) is 5.97 Å². The molecule has 0 heterocycles. The lowest BCUT2D eigenvalue weighted by Gasteiger charge is -2.07. The standard InChI is InChI=1S/C31H44N2O3/c1-4-6-7-8-9-10-11-12-23-35-30-20-15-28(16-21-30)24-32-33-29-18-13-27(14-19-29)17-22-31(34)36-25-26(3)5-2/h13-22,26H,4-12,23-25H2,1-3H3/b22-17+,33-32?. The fourth-order valence-corrected chi connectivity index (χ4v) is 3.52. The quantitative estimate of drug-likeness (QED) is 0.0902. The van der Waals surface area contributed by atoms with Crippen molar-refractivity contribution in [1.82, 2.24) is 0 Å². The van der Waals surface area contributed by atoms with Crippen LogP contribution in [0, 0.1) is 5.92 Å². The van der Waals surface area contributed by atoms with Gasteiger partial charge in [-0.2, -0.15) is 10.2 Å². The van der Waals surface area contributed by atoms with Crippen molar-refractivity contribution in [3.05, 3.63) is 65.7 Å². The van der Waals surface area contributed by atoms with Crippen LogP contribution in [-0.2, 0) is 16.1 Å². The maximum absolute atomic E-state index is 11.8. The lowest BCUT2D eigenvalue weighted by molar-refractivity contribution is -0.138. The summed E-state index contributed by atoms with van der Waals surface area (Å²) in [4.78, 5) is 11.8. The Balaban J connectivity index is 1.65. The maximum Gasteiger partial charge on any atom is 0.330 e. The van der Waals surface area contributed by atoms with Crippen molar-refractivity contribution < 1.29 is 14.3 Å². The molecule has 0 saturated heterocycles. The minimum absolute atomic E-state index is 0.316. The van der Waals surface area contributed by atoms with Crippen molar-refractivity contribution >= 4 is 17.7 Å². The number of hydrogen-bond donors (Lipinski definition) is 0. The molecule has 36 heavy (non-hydrogen) atoms. The zero-order chi connectivity index (χ0) is 25.8. The van der Waals surface area contributed by atoms with Gasteiger partial charge < -0.3 is 9.47 Å². The number of rotatable bonds is 18. The number of hydrogen-bond acceptors (Lipinski definition) is 5. The van der Waals surface area contributed by atoms with Gasteiger partial charge in [-0.15, -0.1) is 0 Å². The van der Waals surface area contributed by atoms with E-state index in [1.807, 2.05) is 48.5 Å². The number of benzene rings is 2. The molecule has 0 aromatic heterocycles. The molecule has 0 aliphatic heterocycles. The lowest BCUT2D eigenvalue weighted by Crippen LogP contribution is -2.08. The fourth-order valence-electron chi connectivity index (χ4n) is 3.52. The Morgan fingerprint density at radius 3 is 2.22 bits per heavy atom. The van der Waals surface area contributed by atoms with Gasteiger partial charge in [0.25, 0.3) is 0 Å². The van der Waals surface area contributed by atoms with Crippen molar-refractivity contribution in [2.45, 2.75) is 85.1 Å². The number of azo groups is 1. The Kier molecular flexibility index (Phi) is 14.9. The Labute approximate surface area is 218 Å². The monoisotopic (exact) mass is 492 g/mol. The summed E-state index contributed by atoms with van der Waals surface area (Å²) in [6.45, 7) is 8.14. The molecule has 0 aliphatic carbocycles. The van der Waals surface area contributed by atoms with E-state index in [0.29, 0.717) is 19.1 Å². The molecule has 0 fully saturated rings. The van der Waals surface area contributed by atoms with Crippen LogP contribution in [0.5, 0.6) is 5.75 Å². The van der Waals surface area contributed by atoms with Crippen LogP contribution >= 0.6 is 0 Å². The molecule has 0 saturated carbocycles. The number of carbonyl (C=O) groups excluding carboxylic acids is 1. The molecule has 0 N–H and O–H groups in total. The van der Waals surface area contributed by atoms with Crippen LogP contribution in [0.4, 0.5) is 5.69 Å². The first-order chi connectivity index (χ1) is 17.6. The van der Waals surface area contributed by atoms with Crippen LogP contribution < -0.4 is 4.74 Å². The van der Waals surface area contributed by atoms with Gasteiger partial charge in [0.1, 0.15) is 5.75 Å². The van der Waals surface area contributed by atoms with E-state index in [1.165, 1.54) is 51.0 Å². The van der Waals surface area contributed by atoms with Crippen molar-refractivity contribution in [3.63, 3.8) is 0 Å². The first-order valence-electron chi connectivity index (χ1n) is 13.6. The third kappa shape index (κ3) is 13.2. The van der Waals surface area contributed by atoms with Gasteiger partial charge in [0.15, 0.2) is 0 Å². The molecule has 1 unspecified atom stereocenters. The van der Waals surface area contributed by atoms with Crippen LogP contribution in [0.15, 0.2) is 64.8 Å². The van der Waals surface area contributed by atoms with Gasteiger partial charge in [-0.05, 0) is 53.8 Å². The molecule has 0 bridgehead atoms. The van der Waals surface area contributed by atoms with E-state index < -0.39 is 0 Å². The van der Waals surface area contributed by atoms with E-state index in [0.717, 1.165) is 42.0 Å². The van der Waals surface area contributed by atoms with Crippen molar-refractivity contribution in [3.8, 4) is 5.75 Å². The first-order valence-corrected chi connectivity index (χ1v) is 13.6. The lowest BCUT2D eigenvalue weighted by atomic mass is 10.1. The zero-order valence-electron chi connectivity index (χ0n) is 22.5. The SMILES string of the molecule is CCCCCCCCCCOc1ccc(CN=Nc2ccc(/C=C/C(=O)OCC(C)CC)cc2)cc1. The fraction of sp³-hybridized carbons (Fsp3) is 0.516. The Morgan fingerprint density at radius 2 is 1.56 bits per heavy atom.